The van der Waals surface area contributed by atoms with Crippen LogP contribution >= 0.6 is 11.6 Å². The van der Waals surface area contributed by atoms with Gasteiger partial charge in [-0.05, 0) is 12.1 Å². The average molecular weight is 215 g/mol. The van der Waals surface area contributed by atoms with E-state index in [1.807, 2.05) is 0 Å². The molecule has 0 unspecified atom stereocenters. The maximum absolute atomic E-state index is 11.4. The van der Waals surface area contributed by atoms with Crippen molar-refractivity contribution in [3.8, 4) is 0 Å². The van der Waals surface area contributed by atoms with Crippen LogP contribution in [0, 0.1) is 0 Å². The van der Waals surface area contributed by atoms with Gasteiger partial charge in [0.2, 0.25) is 0 Å². The molecule has 4 heteroatoms. The molecule has 3 nitrogen and oxygen atoms in total. The number of carbonyl (C=O) groups is 1. The monoisotopic (exact) mass is 214 g/mol. The van der Waals surface area contributed by atoms with Crippen molar-refractivity contribution in [1.82, 2.24) is 0 Å². The number of rotatable bonds is 4. The predicted octanol–water partition coefficient (Wildman–Crippen LogP) is 2.14. The molecule has 1 rings (SSSR count). The first-order valence-corrected chi connectivity index (χ1v) is 4.54. The van der Waals surface area contributed by atoms with Crippen molar-refractivity contribution in [3.63, 3.8) is 0 Å². The zero-order valence-electron chi connectivity index (χ0n) is 7.83. The Kier molecular flexibility index (Phi) is 4.43. The van der Waals surface area contributed by atoms with Gasteiger partial charge in [-0.2, -0.15) is 0 Å². The second-order valence-corrected chi connectivity index (χ2v) is 3.02. The van der Waals surface area contributed by atoms with E-state index in [9.17, 15) is 4.79 Å². The van der Waals surface area contributed by atoms with Crippen LogP contribution in [0.15, 0.2) is 24.3 Å². The molecule has 1 aromatic rings. The van der Waals surface area contributed by atoms with E-state index in [2.05, 4.69) is 0 Å². The fraction of sp³-hybridized carbons (Fsp3) is 0.300. The third-order valence-electron chi connectivity index (χ3n) is 1.61. The summed E-state index contributed by atoms with van der Waals surface area (Å²) in [6.07, 6.45) is 0. The normalized spacial score (nSPS) is 9.86. The summed E-state index contributed by atoms with van der Waals surface area (Å²) in [5, 5.41) is 0.398. The Labute approximate surface area is 87.6 Å². The van der Waals surface area contributed by atoms with Crippen molar-refractivity contribution >= 4 is 17.6 Å². The smallest absolute Gasteiger partial charge is 0.339 e. The Morgan fingerprint density at radius 2 is 2.07 bits per heavy atom. The number of methoxy groups -OCH3 is 1. The molecule has 0 aliphatic heterocycles. The number of esters is 1. The number of carbonyl (C=O) groups excluding carboxylic acids is 1. The van der Waals surface area contributed by atoms with Crippen LogP contribution in [0.3, 0.4) is 0 Å². The zero-order chi connectivity index (χ0) is 10.4. The molecule has 0 radical (unpaired) electrons. The first kappa shape index (κ1) is 11.0. The summed E-state index contributed by atoms with van der Waals surface area (Å²) in [5.41, 5.74) is 0.380. The van der Waals surface area contributed by atoms with Crippen molar-refractivity contribution in [2.45, 2.75) is 0 Å². The minimum Gasteiger partial charge on any atom is -0.460 e. The first-order valence-electron chi connectivity index (χ1n) is 4.16. The van der Waals surface area contributed by atoms with Gasteiger partial charge in [-0.3, -0.25) is 0 Å². The summed E-state index contributed by atoms with van der Waals surface area (Å²) < 4.78 is 9.65. The van der Waals surface area contributed by atoms with Crippen molar-refractivity contribution in [3.05, 3.63) is 34.9 Å². The van der Waals surface area contributed by atoms with Gasteiger partial charge in [0.05, 0.1) is 17.2 Å². The van der Waals surface area contributed by atoms with Crippen molar-refractivity contribution < 1.29 is 14.3 Å². The van der Waals surface area contributed by atoms with E-state index in [1.54, 1.807) is 31.4 Å². The maximum atomic E-state index is 11.4. The third kappa shape index (κ3) is 3.01. The largest absolute Gasteiger partial charge is 0.460 e. The minimum atomic E-state index is -0.423. The number of halogens is 1. The molecule has 0 amide bonds. The summed E-state index contributed by atoms with van der Waals surface area (Å²) in [6.45, 7) is 0.622. The van der Waals surface area contributed by atoms with E-state index in [-0.39, 0.29) is 6.61 Å². The summed E-state index contributed by atoms with van der Waals surface area (Å²) >= 11 is 5.80. The average Bonchev–Trinajstić information content (AvgIpc) is 2.18. The highest BCUT2D eigenvalue weighted by atomic mass is 35.5. The van der Waals surface area contributed by atoms with E-state index >= 15 is 0 Å². The fourth-order valence-corrected chi connectivity index (χ4v) is 1.14. The highest BCUT2D eigenvalue weighted by Gasteiger charge is 2.09. The maximum Gasteiger partial charge on any atom is 0.339 e. The highest BCUT2D eigenvalue weighted by molar-refractivity contribution is 6.33. The number of benzene rings is 1. The van der Waals surface area contributed by atoms with Gasteiger partial charge in [-0.1, -0.05) is 23.7 Å². The van der Waals surface area contributed by atoms with Gasteiger partial charge in [0.15, 0.2) is 0 Å². The lowest BCUT2D eigenvalue weighted by Gasteiger charge is -2.04. The van der Waals surface area contributed by atoms with E-state index < -0.39 is 5.97 Å². The molecule has 0 saturated carbocycles. The van der Waals surface area contributed by atoms with Gasteiger partial charge in [0.25, 0.3) is 0 Å². The van der Waals surface area contributed by atoms with Crippen LogP contribution in [0.25, 0.3) is 0 Å². The van der Waals surface area contributed by atoms with Gasteiger partial charge in [-0.15, -0.1) is 0 Å². The number of hydrogen-bond acceptors (Lipinski definition) is 3. The van der Waals surface area contributed by atoms with Gasteiger partial charge < -0.3 is 9.47 Å². The molecule has 0 atom stereocenters. The standard InChI is InChI=1S/C10H11ClO3/c1-13-6-7-14-10(12)8-4-2-3-5-9(8)11/h2-5H,6-7H2,1H3. The van der Waals surface area contributed by atoms with E-state index in [0.717, 1.165) is 0 Å². The summed E-state index contributed by atoms with van der Waals surface area (Å²) in [5.74, 6) is -0.423. The van der Waals surface area contributed by atoms with Crippen molar-refractivity contribution in [2.24, 2.45) is 0 Å². The lowest BCUT2D eigenvalue weighted by atomic mass is 10.2. The lowest BCUT2D eigenvalue weighted by Crippen LogP contribution is -2.10. The predicted molar refractivity (Wildman–Crippen MR) is 53.6 cm³/mol. The molecule has 76 valence electrons. The molecule has 0 aliphatic carbocycles. The zero-order valence-corrected chi connectivity index (χ0v) is 8.58. The molecule has 14 heavy (non-hydrogen) atoms. The Bertz CT molecular complexity index is 312. The number of hydrogen-bond donors (Lipinski definition) is 0. The first-order chi connectivity index (χ1) is 6.75. The third-order valence-corrected chi connectivity index (χ3v) is 1.94. The molecule has 0 saturated heterocycles. The van der Waals surface area contributed by atoms with Crippen LogP contribution in [-0.2, 0) is 9.47 Å². The van der Waals surface area contributed by atoms with Crippen LogP contribution in [0.5, 0.6) is 0 Å². The minimum absolute atomic E-state index is 0.237. The lowest BCUT2D eigenvalue weighted by molar-refractivity contribution is 0.0388. The molecule has 0 aromatic heterocycles. The van der Waals surface area contributed by atoms with Gasteiger partial charge in [-0.25, -0.2) is 4.79 Å². The van der Waals surface area contributed by atoms with Crippen LogP contribution in [0.2, 0.25) is 5.02 Å². The van der Waals surface area contributed by atoms with Crippen LogP contribution in [0.4, 0.5) is 0 Å². The van der Waals surface area contributed by atoms with E-state index in [4.69, 9.17) is 21.1 Å². The summed E-state index contributed by atoms with van der Waals surface area (Å²) in [7, 11) is 1.54. The van der Waals surface area contributed by atoms with E-state index in [0.29, 0.717) is 17.2 Å². The molecule has 0 fully saturated rings. The Balaban J connectivity index is 2.56. The second kappa shape index (κ2) is 5.62. The van der Waals surface area contributed by atoms with Crippen LogP contribution < -0.4 is 0 Å². The summed E-state index contributed by atoms with van der Waals surface area (Å²) in [4.78, 5) is 11.4. The van der Waals surface area contributed by atoms with Crippen molar-refractivity contribution in [1.29, 1.82) is 0 Å². The molecule has 0 spiro atoms. The van der Waals surface area contributed by atoms with Crippen LogP contribution in [0.1, 0.15) is 10.4 Å². The van der Waals surface area contributed by atoms with Gasteiger partial charge in [0, 0.05) is 7.11 Å². The fourth-order valence-electron chi connectivity index (χ4n) is 0.922. The Hall–Kier alpha value is -1.06. The Morgan fingerprint density at radius 3 is 2.71 bits per heavy atom. The quantitative estimate of drug-likeness (QED) is 0.569. The SMILES string of the molecule is COCCOC(=O)c1ccccc1Cl. The van der Waals surface area contributed by atoms with Gasteiger partial charge >= 0.3 is 5.97 Å². The topological polar surface area (TPSA) is 35.5 Å². The number of ether oxygens (including phenoxy) is 2. The van der Waals surface area contributed by atoms with Gasteiger partial charge in [0.1, 0.15) is 6.61 Å². The molecule has 0 aliphatic rings. The molecule has 0 bridgehead atoms. The highest BCUT2D eigenvalue weighted by Crippen LogP contribution is 2.15. The molecule has 0 N–H and O–H groups in total. The summed E-state index contributed by atoms with van der Waals surface area (Å²) in [6, 6.07) is 6.76. The molecule has 0 heterocycles. The van der Waals surface area contributed by atoms with E-state index in [1.165, 1.54) is 0 Å². The molecular formula is C10H11ClO3. The second-order valence-electron chi connectivity index (χ2n) is 2.61. The molecule has 1 aromatic carbocycles. The Morgan fingerprint density at radius 1 is 1.36 bits per heavy atom. The van der Waals surface area contributed by atoms with Crippen LogP contribution in [-0.4, -0.2) is 26.3 Å². The molecular weight excluding hydrogens is 204 g/mol. The van der Waals surface area contributed by atoms with Crippen molar-refractivity contribution in [2.75, 3.05) is 20.3 Å².